The molecule has 0 aliphatic carbocycles. The van der Waals surface area contributed by atoms with Crippen LogP contribution < -0.4 is 20.3 Å². The van der Waals surface area contributed by atoms with Crippen molar-refractivity contribution in [1.29, 1.82) is 0 Å². The number of carbonyl (C=O) groups is 1. The van der Waals surface area contributed by atoms with Crippen molar-refractivity contribution in [3.8, 4) is 5.75 Å². The highest BCUT2D eigenvalue weighted by Crippen LogP contribution is 2.30. The fourth-order valence-corrected chi connectivity index (χ4v) is 5.72. The van der Waals surface area contributed by atoms with Crippen molar-refractivity contribution in [3.63, 3.8) is 0 Å². The topological polar surface area (TPSA) is 100 Å². The number of hydrogen-bond donors (Lipinski definition) is 2. The average Bonchev–Trinajstić information content (AvgIpc) is 2.88. The third-order valence-corrected chi connectivity index (χ3v) is 7.99. The van der Waals surface area contributed by atoms with Crippen LogP contribution in [-0.2, 0) is 19.6 Å². The Morgan fingerprint density at radius 1 is 1.00 bits per heavy atom. The second-order valence-electron chi connectivity index (χ2n) is 8.35. The van der Waals surface area contributed by atoms with E-state index in [1.165, 1.54) is 30.0 Å². The molecule has 0 radical (unpaired) electrons. The summed E-state index contributed by atoms with van der Waals surface area (Å²) in [6.07, 6.45) is 3.58. The van der Waals surface area contributed by atoms with Crippen molar-refractivity contribution in [2.24, 2.45) is 0 Å². The maximum atomic E-state index is 13.0. The third kappa shape index (κ3) is 5.63. The summed E-state index contributed by atoms with van der Waals surface area (Å²) in [5.41, 5.74) is 2.30. The Labute approximate surface area is 201 Å². The van der Waals surface area contributed by atoms with Crippen molar-refractivity contribution >= 4 is 33.0 Å². The van der Waals surface area contributed by atoms with Gasteiger partial charge in [0.2, 0.25) is 15.9 Å². The van der Waals surface area contributed by atoms with E-state index in [0.29, 0.717) is 37.7 Å². The molecule has 184 valence electrons. The van der Waals surface area contributed by atoms with Gasteiger partial charge in [-0.2, -0.15) is 4.31 Å². The number of nitrogens with zero attached hydrogens (tertiary/aromatic N) is 2. The van der Waals surface area contributed by atoms with Crippen LogP contribution in [0.25, 0.3) is 0 Å². The third-order valence-electron chi connectivity index (χ3n) is 6.09. The van der Waals surface area contributed by atoms with Gasteiger partial charge in [0, 0.05) is 26.2 Å². The van der Waals surface area contributed by atoms with Crippen LogP contribution in [0.2, 0.25) is 0 Å². The fraction of sp³-hybridized carbons (Fsp3) is 0.458. The second kappa shape index (κ2) is 11.1. The lowest BCUT2D eigenvalue weighted by Crippen LogP contribution is -2.40. The molecule has 2 aliphatic heterocycles. The zero-order chi connectivity index (χ0) is 24.0. The SMILES string of the molecule is COc1ccc(S(=O)(=O)N2CCOCC2)cc1NC(=O)CNc1ccccc1N1CCCCC1. The molecule has 4 rings (SSSR count). The number of piperidine rings is 1. The quantitative estimate of drug-likeness (QED) is 0.589. The summed E-state index contributed by atoms with van der Waals surface area (Å²) in [5, 5.41) is 6.03. The monoisotopic (exact) mass is 488 g/mol. The number of amides is 1. The van der Waals surface area contributed by atoms with E-state index >= 15 is 0 Å². The normalized spacial score (nSPS) is 17.3. The minimum atomic E-state index is -3.69. The van der Waals surface area contributed by atoms with Crippen molar-refractivity contribution in [3.05, 3.63) is 42.5 Å². The molecule has 0 unspecified atom stereocenters. The summed E-state index contributed by atoms with van der Waals surface area (Å²) in [5.74, 6) is 0.0932. The van der Waals surface area contributed by atoms with Gasteiger partial charge in [-0.3, -0.25) is 4.79 Å². The predicted molar refractivity (Wildman–Crippen MR) is 132 cm³/mol. The highest BCUT2D eigenvalue weighted by Gasteiger charge is 2.27. The van der Waals surface area contributed by atoms with Gasteiger partial charge in [0.25, 0.3) is 0 Å². The summed E-state index contributed by atoms with van der Waals surface area (Å²) in [6.45, 7) is 3.38. The lowest BCUT2D eigenvalue weighted by atomic mass is 10.1. The van der Waals surface area contributed by atoms with E-state index in [-0.39, 0.29) is 17.3 Å². The lowest BCUT2D eigenvalue weighted by Gasteiger charge is -2.30. The van der Waals surface area contributed by atoms with E-state index < -0.39 is 10.0 Å². The Bertz CT molecular complexity index is 1100. The van der Waals surface area contributed by atoms with Gasteiger partial charge >= 0.3 is 0 Å². The molecule has 34 heavy (non-hydrogen) atoms. The van der Waals surface area contributed by atoms with Gasteiger partial charge in [-0.1, -0.05) is 12.1 Å². The van der Waals surface area contributed by atoms with Crippen LogP contribution >= 0.6 is 0 Å². The number of benzene rings is 2. The summed E-state index contributed by atoms with van der Waals surface area (Å²) in [6, 6.07) is 12.5. The number of hydrogen-bond acceptors (Lipinski definition) is 7. The molecular formula is C24H32N4O5S. The summed E-state index contributed by atoms with van der Waals surface area (Å²) >= 11 is 0. The minimum absolute atomic E-state index is 0.0362. The molecular weight excluding hydrogens is 456 g/mol. The Morgan fingerprint density at radius 2 is 1.74 bits per heavy atom. The van der Waals surface area contributed by atoms with Crippen LogP contribution in [-0.4, -0.2) is 71.7 Å². The average molecular weight is 489 g/mol. The Morgan fingerprint density at radius 3 is 2.47 bits per heavy atom. The van der Waals surface area contributed by atoms with Crippen LogP contribution in [0.1, 0.15) is 19.3 Å². The van der Waals surface area contributed by atoms with Gasteiger partial charge in [-0.05, 0) is 49.6 Å². The van der Waals surface area contributed by atoms with Crippen LogP contribution in [0.4, 0.5) is 17.1 Å². The van der Waals surface area contributed by atoms with Gasteiger partial charge in [0.15, 0.2) is 0 Å². The Kier molecular flexibility index (Phi) is 7.91. The van der Waals surface area contributed by atoms with Crippen LogP contribution in [0, 0.1) is 0 Å². The fourth-order valence-electron chi connectivity index (χ4n) is 4.28. The van der Waals surface area contributed by atoms with E-state index in [0.717, 1.165) is 37.3 Å². The zero-order valence-electron chi connectivity index (χ0n) is 19.5. The molecule has 0 bridgehead atoms. The molecule has 9 nitrogen and oxygen atoms in total. The smallest absolute Gasteiger partial charge is 0.243 e. The second-order valence-corrected chi connectivity index (χ2v) is 10.3. The predicted octanol–water partition coefficient (Wildman–Crippen LogP) is 2.76. The molecule has 0 aromatic heterocycles. The molecule has 2 aromatic rings. The number of carbonyl (C=O) groups excluding carboxylic acids is 1. The van der Waals surface area contributed by atoms with Crippen molar-refractivity contribution in [2.75, 3.05) is 68.6 Å². The summed E-state index contributed by atoms with van der Waals surface area (Å²) in [7, 11) is -2.21. The molecule has 0 saturated carbocycles. The summed E-state index contributed by atoms with van der Waals surface area (Å²) < 4.78 is 38.0. The summed E-state index contributed by atoms with van der Waals surface area (Å²) in [4.78, 5) is 15.2. The first-order valence-electron chi connectivity index (χ1n) is 11.6. The molecule has 2 heterocycles. The van der Waals surface area contributed by atoms with Crippen LogP contribution in [0.5, 0.6) is 5.75 Å². The molecule has 2 N–H and O–H groups in total. The number of para-hydroxylation sites is 2. The largest absolute Gasteiger partial charge is 0.495 e. The van der Waals surface area contributed by atoms with Gasteiger partial charge < -0.3 is 25.0 Å². The molecule has 2 fully saturated rings. The van der Waals surface area contributed by atoms with Crippen LogP contribution in [0.15, 0.2) is 47.4 Å². The highest BCUT2D eigenvalue weighted by molar-refractivity contribution is 7.89. The first-order chi connectivity index (χ1) is 16.5. The minimum Gasteiger partial charge on any atom is -0.495 e. The maximum absolute atomic E-state index is 13.0. The Balaban J connectivity index is 1.45. The number of sulfonamides is 1. The Hall–Kier alpha value is -2.82. The van der Waals surface area contributed by atoms with Gasteiger partial charge in [0.05, 0.1) is 48.8 Å². The van der Waals surface area contributed by atoms with E-state index in [2.05, 4.69) is 21.6 Å². The number of nitrogens with one attached hydrogen (secondary N) is 2. The maximum Gasteiger partial charge on any atom is 0.243 e. The highest BCUT2D eigenvalue weighted by atomic mass is 32.2. The van der Waals surface area contributed by atoms with E-state index in [9.17, 15) is 13.2 Å². The molecule has 1 amide bonds. The zero-order valence-corrected chi connectivity index (χ0v) is 20.3. The van der Waals surface area contributed by atoms with Crippen molar-refractivity contribution < 1.29 is 22.7 Å². The molecule has 2 aromatic carbocycles. The number of ether oxygens (including phenoxy) is 2. The van der Waals surface area contributed by atoms with Gasteiger partial charge in [-0.15, -0.1) is 0 Å². The lowest BCUT2D eigenvalue weighted by molar-refractivity contribution is -0.114. The van der Waals surface area contributed by atoms with Crippen molar-refractivity contribution in [2.45, 2.75) is 24.2 Å². The van der Waals surface area contributed by atoms with Crippen LogP contribution in [0.3, 0.4) is 0 Å². The molecule has 0 atom stereocenters. The molecule has 2 aliphatic rings. The number of morpholine rings is 1. The molecule has 0 spiro atoms. The van der Waals surface area contributed by atoms with E-state index in [1.54, 1.807) is 6.07 Å². The standard InChI is InChI=1S/C24H32N4O5S/c1-32-23-10-9-19(34(30,31)28-13-15-33-16-14-28)17-21(23)26-24(29)18-25-20-7-3-4-8-22(20)27-11-5-2-6-12-27/h3-4,7-10,17,25H,2,5-6,11-16,18H2,1H3,(H,26,29). The van der Waals surface area contributed by atoms with E-state index in [4.69, 9.17) is 9.47 Å². The van der Waals surface area contributed by atoms with Crippen molar-refractivity contribution in [1.82, 2.24) is 4.31 Å². The van der Waals surface area contributed by atoms with E-state index in [1.807, 2.05) is 18.2 Å². The van der Waals surface area contributed by atoms with Gasteiger partial charge in [0.1, 0.15) is 5.75 Å². The molecule has 10 heteroatoms. The molecule has 2 saturated heterocycles. The number of anilines is 3. The number of rotatable bonds is 8. The van der Waals surface area contributed by atoms with Gasteiger partial charge in [-0.25, -0.2) is 8.42 Å². The first kappa shape index (κ1) is 24.3. The number of methoxy groups -OCH3 is 1. The first-order valence-corrected chi connectivity index (χ1v) is 13.1.